The van der Waals surface area contributed by atoms with Gasteiger partial charge < -0.3 is 31.0 Å². The number of aliphatic carboxylic acids is 1. The summed E-state index contributed by atoms with van der Waals surface area (Å²) in [6, 6.07) is 2.92. The second-order valence-corrected chi connectivity index (χ2v) is 9.30. The van der Waals surface area contributed by atoms with Crippen molar-refractivity contribution in [2.75, 3.05) is 25.4 Å². The topological polar surface area (TPSA) is 160 Å². The number of β-lactam (4-membered cyclic amide) rings is 1. The van der Waals surface area contributed by atoms with Crippen LogP contribution in [0, 0.1) is 0 Å². The van der Waals surface area contributed by atoms with Crippen LogP contribution in [0.2, 0.25) is 0 Å². The molecule has 2 atom stereocenters. The number of aliphatic hydroxyl groups excluding tert-OH is 1. The number of rotatable bonds is 8. The second-order valence-electron chi connectivity index (χ2n) is 8.20. The van der Waals surface area contributed by atoms with Crippen molar-refractivity contribution in [2.24, 2.45) is 5.73 Å². The fraction of sp³-hybridized carbons (Fsp3) is 0.409. The third kappa shape index (κ3) is 4.69. The first-order valence-electron chi connectivity index (χ1n) is 10.8. The highest BCUT2D eigenvalue weighted by Gasteiger charge is 2.50. The Balaban J connectivity index is 1.42. The van der Waals surface area contributed by atoms with Crippen LogP contribution >= 0.6 is 11.8 Å². The number of nitrogens with two attached hydrogens (primary N) is 1. The van der Waals surface area contributed by atoms with Crippen LogP contribution < -0.4 is 20.7 Å². The molecule has 180 valence electrons. The Morgan fingerprint density at radius 2 is 2.06 bits per heavy atom. The molecule has 3 amide bonds. The molecule has 4 heterocycles. The highest BCUT2D eigenvalue weighted by molar-refractivity contribution is 8.00. The molecule has 0 saturated carbocycles. The number of pyridine rings is 1. The van der Waals surface area contributed by atoms with Crippen molar-refractivity contribution >= 4 is 35.5 Å². The number of likely N-dealkylation sites (tertiary alicyclic amines) is 1. The third-order valence-corrected chi connectivity index (χ3v) is 7.21. The zero-order chi connectivity index (χ0) is 24.4. The molecule has 11 nitrogen and oxygen atoms in total. The van der Waals surface area contributed by atoms with E-state index in [-0.39, 0.29) is 37.2 Å². The number of nitrogens with zero attached hydrogens (tertiary/aromatic N) is 3. The number of hydrogen-bond donors (Lipinski definition) is 3. The van der Waals surface area contributed by atoms with E-state index in [4.69, 9.17) is 10.8 Å². The Morgan fingerprint density at radius 1 is 1.32 bits per heavy atom. The number of thioether (sulfide) groups is 1. The van der Waals surface area contributed by atoms with E-state index in [9.17, 15) is 24.3 Å². The summed E-state index contributed by atoms with van der Waals surface area (Å²) >= 11 is 1.37. The molecule has 1 aromatic heterocycles. The minimum atomic E-state index is -1.46. The van der Waals surface area contributed by atoms with Crippen LogP contribution in [0.1, 0.15) is 12.0 Å². The average Bonchev–Trinajstić information content (AvgIpc) is 3.16. The number of aliphatic hydroxyl groups is 1. The number of allylic oxidation sites excluding steroid dienone is 1. The zero-order valence-electron chi connectivity index (χ0n) is 18.3. The van der Waals surface area contributed by atoms with Gasteiger partial charge in [-0.05, 0) is 23.6 Å². The number of carbonyl (C=O) groups is 4. The molecule has 3 aliphatic heterocycles. The molecule has 0 spiro atoms. The highest BCUT2D eigenvalue weighted by atomic mass is 32.2. The van der Waals surface area contributed by atoms with Crippen LogP contribution in [0.15, 0.2) is 47.4 Å². The fourth-order valence-electron chi connectivity index (χ4n) is 4.14. The molecule has 0 unspecified atom stereocenters. The van der Waals surface area contributed by atoms with Gasteiger partial charge in [0, 0.05) is 43.1 Å². The lowest BCUT2D eigenvalue weighted by molar-refractivity contribution is -0.684. The van der Waals surface area contributed by atoms with Crippen molar-refractivity contribution in [1.82, 2.24) is 15.1 Å². The number of amides is 3. The molecule has 0 aliphatic carbocycles. The quantitative estimate of drug-likeness (QED) is 0.199. The van der Waals surface area contributed by atoms with Crippen LogP contribution in [-0.4, -0.2) is 75.5 Å². The maximum Gasteiger partial charge on any atom is 0.286 e. The van der Waals surface area contributed by atoms with Crippen LogP contribution in [-0.2, 0) is 32.3 Å². The number of aromatic nitrogens is 1. The molecule has 0 radical (unpaired) electrons. The van der Waals surface area contributed by atoms with Crippen LogP contribution in [0.25, 0.3) is 0 Å². The van der Waals surface area contributed by atoms with Crippen LogP contribution in [0.4, 0.5) is 0 Å². The van der Waals surface area contributed by atoms with E-state index in [1.165, 1.54) is 11.8 Å². The van der Waals surface area contributed by atoms with Gasteiger partial charge >= 0.3 is 0 Å². The van der Waals surface area contributed by atoms with Crippen molar-refractivity contribution in [2.45, 2.75) is 30.9 Å². The highest BCUT2D eigenvalue weighted by Crippen LogP contribution is 2.40. The molecule has 4 N–H and O–H groups in total. The predicted molar refractivity (Wildman–Crippen MR) is 118 cm³/mol. The van der Waals surface area contributed by atoms with E-state index >= 15 is 0 Å². The Labute approximate surface area is 199 Å². The first kappa shape index (κ1) is 23.9. The standard InChI is InChI=1S/C22H25N5O6S/c23-17-20(31)27-18(22(32)33)15(12-34-21(17)27)9-14-3-7-26(19(14)30)10-13-1-5-25(6-2-13)11-16(29)24-4-8-28/h1-2,5-6,9,17,21,28H,3-4,7-8,10-12,23H2,(H-,24,29,32,33)/b14-9+/t17-,21-/m1/s1. The molecule has 34 heavy (non-hydrogen) atoms. The first-order chi connectivity index (χ1) is 16.3. The van der Waals surface area contributed by atoms with Crippen molar-refractivity contribution in [3.05, 3.63) is 53.0 Å². The number of hydrogen-bond acceptors (Lipinski definition) is 8. The van der Waals surface area contributed by atoms with E-state index in [2.05, 4.69) is 5.32 Å². The molecule has 0 aromatic carbocycles. The summed E-state index contributed by atoms with van der Waals surface area (Å²) in [6.45, 7) is 1.06. The molecule has 2 fully saturated rings. The Morgan fingerprint density at radius 3 is 2.74 bits per heavy atom. The van der Waals surface area contributed by atoms with Crippen molar-refractivity contribution < 1.29 is 34.0 Å². The van der Waals surface area contributed by atoms with Gasteiger partial charge in [0.05, 0.1) is 18.3 Å². The lowest BCUT2D eigenvalue weighted by Gasteiger charge is -2.49. The molecule has 0 bridgehead atoms. The maximum absolute atomic E-state index is 12.9. The zero-order valence-corrected chi connectivity index (χ0v) is 19.1. The largest absolute Gasteiger partial charge is 0.543 e. The van der Waals surface area contributed by atoms with Gasteiger partial charge in [-0.1, -0.05) is 0 Å². The van der Waals surface area contributed by atoms with E-state index in [0.29, 0.717) is 36.4 Å². The van der Waals surface area contributed by atoms with Gasteiger partial charge in [-0.2, -0.15) is 4.57 Å². The Hall–Kier alpha value is -3.22. The first-order valence-corrected chi connectivity index (χ1v) is 11.8. The molecule has 2 saturated heterocycles. The summed E-state index contributed by atoms with van der Waals surface area (Å²) in [6.07, 6.45) is 5.51. The fourth-order valence-corrected chi connectivity index (χ4v) is 5.39. The van der Waals surface area contributed by atoms with Crippen LogP contribution in [0.5, 0.6) is 0 Å². The Bertz CT molecular complexity index is 1090. The van der Waals surface area contributed by atoms with Gasteiger partial charge in [0.2, 0.25) is 18.4 Å². The maximum atomic E-state index is 12.9. The van der Waals surface area contributed by atoms with Crippen molar-refractivity contribution in [1.29, 1.82) is 0 Å². The van der Waals surface area contributed by atoms with E-state index in [1.807, 2.05) is 12.1 Å². The lowest BCUT2D eigenvalue weighted by atomic mass is 10.0. The van der Waals surface area contributed by atoms with Crippen molar-refractivity contribution in [3.8, 4) is 0 Å². The van der Waals surface area contributed by atoms with E-state index in [0.717, 1.165) is 10.5 Å². The monoisotopic (exact) mass is 487 g/mol. The SMILES string of the molecule is N[C@@H]1C(=O)N2C(C(=O)[O-])=C(/C=C3\CCN(Cc4cc[n+](CC(=O)NCCO)cc4)C3=O)CS[C@H]12. The summed E-state index contributed by atoms with van der Waals surface area (Å²) in [5, 5.41) is 22.7. The average molecular weight is 488 g/mol. The molecular formula is C22H25N5O6S. The number of carboxylic acid groups (broad SMARTS) is 1. The van der Waals surface area contributed by atoms with E-state index < -0.39 is 23.3 Å². The molecular weight excluding hydrogens is 462 g/mol. The predicted octanol–water partition coefficient (Wildman–Crippen LogP) is -3.01. The summed E-state index contributed by atoms with van der Waals surface area (Å²) in [5.41, 5.74) is 7.30. The third-order valence-electron chi connectivity index (χ3n) is 5.89. The summed E-state index contributed by atoms with van der Waals surface area (Å²) < 4.78 is 1.69. The minimum absolute atomic E-state index is 0.120. The minimum Gasteiger partial charge on any atom is -0.543 e. The second kappa shape index (κ2) is 9.95. The van der Waals surface area contributed by atoms with Gasteiger partial charge in [0.25, 0.3) is 5.91 Å². The summed E-state index contributed by atoms with van der Waals surface area (Å²) in [4.78, 5) is 51.3. The number of carboxylic acids is 1. The van der Waals surface area contributed by atoms with Gasteiger partial charge in [0.1, 0.15) is 11.4 Å². The smallest absolute Gasteiger partial charge is 0.286 e. The van der Waals surface area contributed by atoms with E-state index in [1.54, 1.807) is 27.9 Å². The number of fused-ring (bicyclic) bond motifs is 1. The number of carbonyl (C=O) groups excluding carboxylic acids is 4. The van der Waals surface area contributed by atoms with Crippen molar-refractivity contribution in [3.63, 3.8) is 0 Å². The molecule has 12 heteroatoms. The van der Waals surface area contributed by atoms with Gasteiger partial charge in [-0.15, -0.1) is 11.8 Å². The molecule has 4 rings (SSSR count). The summed E-state index contributed by atoms with van der Waals surface area (Å²) in [5.74, 6) is -1.99. The summed E-state index contributed by atoms with van der Waals surface area (Å²) in [7, 11) is 0. The molecule has 3 aliphatic rings. The van der Waals surface area contributed by atoms with Gasteiger partial charge in [-0.25, -0.2) is 0 Å². The lowest BCUT2D eigenvalue weighted by Crippen LogP contribution is -2.69. The van der Waals surface area contributed by atoms with Crippen LogP contribution in [0.3, 0.4) is 0 Å². The number of nitrogens with one attached hydrogen (secondary N) is 1. The Kier molecular flexibility index (Phi) is 7.00. The normalized spacial score (nSPS) is 23.3. The molecule has 1 aromatic rings. The van der Waals surface area contributed by atoms with Gasteiger partial charge in [-0.3, -0.25) is 19.3 Å². The van der Waals surface area contributed by atoms with Gasteiger partial charge in [0.15, 0.2) is 12.4 Å².